The lowest BCUT2D eigenvalue weighted by Gasteiger charge is -2.09. The maximum atomic E-state index is 5.79. The minimum absolute atomic E-state index is 0.580. The Morgan fingerprint density at radius 1 is 0.842 bits per heavy atom. The molecule has 0 aliphatic heterocycles. The summed E-state index contributed by atoms with van der Waals surface area (Å²) < 4.78 is 5.79. The van der Waals surface area contributed by atoms with Crippen LogP contribution in [0.25, 0.3) is 0 Å². The van der Waals surface area contributed by atoms with Crippen LogP contribution >= 0.6 is 0 Å². The van der Waals surface area contributed by atoms with Gasteiger partial charge in [0, 0.05) is 0 Å². The van der Waals surface area contributed by atoms with Crippen molar-refractivity contribution in [2.24, 2.45) is 0 Å². The highest BCUT2D eigenvalue weighted by Gasteiger charge is 2.00. The van der Waals surface area contributed by atoms with Crippen molar-refractivity contribution in [2.45, 2.75) is 39.7 Å². The van der Waals surface area contributed by atoms with Gasteiger partial charge in [0.1, 0.15) is 12.4 Å². The van der Waals surface area contributed by atoms with Gasteiger partial charge < -0.3 is 4.74 Å². The van der Waals surface area contributed by atoms with Crippen LogP contribution < -0.4 is 4.74 Å². The molecule has 0 radical (unpaired) electrons. The van der Waals surface area contributed by atoms with E-state index < -0.39 is 0 Å². The molecule has 0 bridgehead atoms. The maximum Gasteiger partial charge on any atom is 0.119 e. The SMILES string of the molecule is CCc1ccc(OCc2ccc(C(C)C)cc2)cc1. The van der Waals surface area contributed by atoms with E-state index in [4.69, 9.17) is 4.74 Å². The molecule has 0 N–H and O–H groups in total. The van der Waals surface area contributed by atoms with Crippen LogP contribution in [0.15, 0.2) is 48.5 Å². The van der Waals surface area contributed by atoms with Crippen molar-refractivity contribution in [1.82, 2.24) is 0 Å². The van der Waals surface area contributed by atoms with E-state index >= 15 is 0 Å². The summed E-state index contributed by atoms with van der Waals surface area (Å²) in [6.45, 7) is 7.21. The summed E-state index contributed by atoms with van der Waals surface area (Å²) in [6, 6.07) is 17.0. The lowest BCUT2D eigenvalue weighted by atomic mass is 10.0. The second-order valence-corrected chi connectivity index (χ2v) is 5.18. The predicted octanol–water partition coefficient (Wildman–Crippen LogP) is 4.95. The maximum absolute atomic E-state index is 5.79. The molecule has 0 aromatic heterocycles. The molecule has 0 aliphatic carbocycles. The van der Waals surface area contributed by atoms with E-state index in [0.29, 0.717) is 12.5 Å². The Bertz CT molecular complexity index is 494. The molecule has 0 unspecified atom stereocenters. The molecule has 0 fully saturated rings. The van der Waals surface area contributed by atoms with E-state index in [2.05, 4.69) is 57.2 Å². The van der Waals surface area contributed by atoms with Crippen molar-refractivity contribution in [2.75, 3.05) is 0 Å². The highest BCUT2D eigenvalue weighted by molar-refractivity contribution is 5.28. The molecule has 0 amide bonds. The van der Waals surface area contributed by atoms with Crippen LogP contribution in [0.2, 0.25) is 0 Å². The molecule has 0 aliphatic rings. The van der Waals surface area contributed by atoms with Gasteiger partial charge in [-0.3, -0.25) is 0 Å². The largest absolute Gasteiger partial charge is 0.489 e. The fourth-order valence-corrected chi connectivity index (χ4v) is 1.99. The first-order valence-electron chi connectivity index (χ1n) is 6.99. The monoisotopic (exact) mass is 254 g/mol. The zero-order valence-electron chi connectivity index (χ0n) is 12.0. The van der Waals surface area contributed by atoms with Gasteiger partial charge in [0.2, 0.25) is 0 Å². The minimum Gasteiger partial charge on any atom is -0.489 e. The third-order valence-corrected chi connectivity index (χ3v) is 3.38. The summed E-state index contributed by atoms with van der Waals surface area (Å²) in [4.78, 5) is 0. The summed E-state index contributed by atoms with van der Waals surface area (Å²) in [5.74, 6) is 1.52. The Hall–Kier alpha value is -1.76. The quantitative estimate of drug-likeness (QED) is 0.733. The first kappa shape index (κ1) is 13.7. The van der Waals surface area contributed by atoms with Gasteiger partial charge in [0.25, 0.3) is 0 Å². The minimum atomic E-state index is 0.580. The molecule has 100 valence electrons. The molecule has 2 aromatic rings. The molecule has 19 heavy (non-hydrogen) atoms. The van der Waals surface area contributed by atoms with Crippen molar-refractivity contribution in [1.29, 1.82) is 0 Å². The normalized spacial score (nSPS) is 10.7. The number of aryl methyl sites for hydroxylation is 1. The topological polar surface area (TPSA) is 9.23 Å². The average Bonchev–Trinajstić information content (AvgIpc) is 2.46. The number of rotatable bonds is 5. The Kier molecular flexibility index (Phi) is 4.62. The van der Waals surface area contributed by atoms with Gasteiger partial charge in [0.15, 0.2) is 0 Å². The average molecular weight is 254 g/mol. The molecule has 2 rings (SSSR count). The molecule has 2 aromatic carbocycles. The highest BCUT2D eigenvalue weighted by Crippen LogP contribution is 2.17. The van der Waals surface area contributed by atoms with Crippen molar-refractivity contribution < 1.29 is 4.74 Å². The van der Waals surface area contributed by atoms with Crippen LogP contribution in [0.1, 0.15) is 43.4 Å². The summed E-state index contributed by atoms with van der Waals surface area (Å²) in [7, 11) is 0. The van der Waals surface area contributed by atoms with Crippen LogP contribution in [0.4, 0.5) is 0 Å². The molecule has 0 heterocycles. The second kappa shape index (κ2) is 6.42. The molecular weight excluding hydrogens is 232 g/mol. The molecule has 0 atom stereocenters. The van der Waals surface area contributed by atoms with Crippen LogP contribution in [-0.4, -0.2) is 0 Å². The van der Waals surface area contributed by atoms with Crippen LogP contribution in [0.5, 0.6) is 5.75 Å². The zero-order chi connectivity index (χ0) is 13.7. The molecule has 0 saturated carbocycles. The Balaban J connectivity index is 1.94. The molecule has 1 heteroatoms. The molecular formula is C18H22O. The fourth-order valence-electron chi connectivity index (χ4n) is 1.99. The third-order valence-electron chi connectivity index (χ3n) is 3.38. The van der Waals surface area contributed by atoms with Crippen LogP contribution in [-0.2, 0) is 13.0 Å². The van der Waals surface area contributed by atoms with Gasteiger partial charge in [-0.05, 0) is 41.2 Å². The van der Waals surface area contributed by atoms with E-state index in [-0.39, 0.29) is 0 Å². The van der Waals surface area contributed by atoms with Gasteiger partial charge in [0.05, 0.1) is 0 Å². The highest BCUT2D eigenvalue weighted by atomic mass is 16.5. The van der Waals surface area contributed by atoms with Gasteiger partial charge in [-0.2, -0.15) is 0 Å². The van der Waals surface area contributed by atoms with Gasteiger partial charge >= 0.3 is 0 Å². The van der Waals surface area contributed by atoms with E-state index in [9.17, 15) is 0 Å². The summed E-state index contributed by atoms with van der Waals surface area (Å²) in [6.07, 6.45) is 1.07. The van der Waals surface area contributed by atoms with E-state index in [1.807, 2.05) is 12.1 Å². The predicted molar refractivity (Wildman–Crippen MR) is 80.7 cm³/mol. The van der Waals surface area contributed by atoms with Gasteiger partial charge in [-0.25, -0.2) is 0 Å². The second-order valence-electron chi connectivity index (χ2n) is 5.18. The van der Waals surface area contributed by atoms with Gasteiger partial charge in [-0.1, -0.05) is 57.2 Å². The number of hydrogen-bond donors (Lipinski definition) is 0. The standard InChI is InChI=1S/C18H22O/c1-4-15-7-11-18(12-8-15)19-13-16-5-9-17(10-6-16)14(2)3/h5-12,14H,4,13H2,1-3H3. The van der Waals surface area contributed by atoms with Crippen LogP contribution in [0.3, 0.4) is 0 Å². The fraction of sp³-hybridized carbons (Fsp3) is 0.333. The van der Waals surface area contributed by atoms with E-state index in [1.165, 1.54) is 16.7 Å². The summed E-state index contributed by atoms with van der Waals surface area (Å²) in [5, 5.41) is 0. The van der Waals surface area contributed by atoms with E-state index in [1.54, 1.807) is 0 Å². The lowest BCUT2D eigenvalue weighted by Crippen LogP contribution is -1.96. The Morgan fingerprint density at radius 2 is 1.42 bits per heavy atom. The van der Waals surface area contributed by atoms with Crippen molar-refractivity contribution in [3.05, 3.63) is 65.2 Å². The van der Waals surface area contributed by atoms with Gasteiger partial charge in [-0.15, -0.1) is 0 Å². The van der Waals surface area contributed by atoms with Crippen molar-refractivity contribution in [3.63, 3.8) is 0 Å². The first-order chi connectivity index (χ1) is 9.19. The molecule has 1 nitrogen and oxygen atoms in total. The zero-order valence-corrected chi connectivity index (χ0v) is 12.0. The molecule has 0 saturated heterocycles. The first-order valence-corrected chi connectivity index (χ1v) is 6.99. The molecule has 0 spiro atoms. The number of benzene rings is 2. The van der Waals surface area contributed by atoms with Crippen molar-refractivity contribution in [3.8, 4) is 5.75 Å². The lowest BCUT2D eigenvalue weighted by molar-refractivity contribution is 0.306. The Labute approximate surface area is 116 Å². The number of ether oxygens (including phenoxy) is 1. The van der Waals surface area contributed by atoms with Crippen LogP contribution in [0, 0.1) is 0 Å². The third kappa shape index (κ3) is 3.85. The summed E-state index contributed by atoms with van der Waals surface area (Å²) in [5.41, 5.74) is 3.92. The van der Waals surface area contributed by atoms with Crippen molar-refractivity contribution >= 4 is 0 Å². The summed E-state index contributed by atoms with van der Waals surface area (Å²) >= 11 is 0. The smallest absolute Gasteiger partial charge is 0.119 e. The number of hydrogen-bond acceptors (Lipinski definition) is 1. The van der Waals surface area contributed by atoms with E-state index in [0.717, 1.165) is 12.2 Å². The Morgan fingerprint density at radius 3 is 1.95 bits per heavy atom.